The van der Waals surface area contributed by atoms with Gasteiger partial charge in [-0.2, -0.15) is 23.3 Å². The first-order valence-electron chi connectivity index (χ1n) is 14.9. The first-order valence-corrected chi connectivity index (χ1v) is 14.9. The molecule has 3 fully saturated rings. The Kier molecular flexibility index (Phi) is 6.92. The Bertz CT molecular complexity index is 1690. The third kappa shape index (κ3) is 5.54. The molecule has 1 spiro atoms. The van der Waals surface area contributed by atoms with E-state index in [1.165, 1.54) is 11.1 Å². The zero-order valence-corrected chi connectivity index (χ0v) is 24.8. The van der Waals surface area contributed by atoms with Gasteiger partial charge in [0.25, 0.3) is 5.91 Å². The van der Waals surface area contributed by atoms with E-state index in [0.717, 1.165) is 29.7 Å². The Morgan fingerprint density at radius 3 is 2.66 bits per heavy atom. The second-order valence-corrected chi connectivity index (χ2v) is 12.8. The minimum absolute atomic E-state index is 0.0949. The van der Waals surface area contributed by atoms with E-state index in [2.05, 4.69) is 25.5 Å². The molecule has 1 aromatic carbocycles. The normalized spacial score (nSPS) is 21.4. The summed E-state index contributed by atoms with van der Waals surface area (Å²) < 4.78 is 51.1. The molecule has 1 saturated carbocycles. The molecule has 1 aliphatic carbocycles. The van der Waals surface area contributed by atoms with Gasteiger partial charge in [-0.05, 0) is 57.4 Å². The third-order valence-corrected chi connectivity index (χ3v) is 8.78. The number of rotatable bonds is 8. The van der Waals surface area contributed by atoms with E-state index in [-0.39, 0.29) is 29.4 Å². The Labute approximate surface area is 252 Å². The van der Waals surface area contributed by atoms with Crippen LogP contribution in [0.1, 0.15) is 54.4 Å². The zero-order valence-electron chi connectivity index (χ0n) is 24.8. The number of hydrogen-bond acceptors (Lipinski definition) is 8. The SMILES string of the molecule is Cc1ccc(-c2noc(C3CC(OC(C)C)C3)n2)cc1NC(=O)c1cnn2ccc(N3CC4(CN(CC(F)(F)F)C4)C3)cc12. The van der Waals surface area contributed by atoms with Gasteiger partial charge < -0.3 is 19.5 Å². The van der Waals surface area contributed by atoms with Crippen molar-refractivity contribution in [3.8, 4) is 11.4 Å². The number of anilines is 2. The van der Waals surface area contributed by atoms with Crippen LogP contribution in [0.25, 0.3) is 16.9 Å². The van der Waals surface area contributed by atoms with E-state index in [4.69, 9.17) is 9.26 Å². The number of benzene rings is 1. The number of ether oxygens (including phenoxy) is 1. The number of aromatic nitrogens is 4. The molecule has 232 valence electrons. The molecule has 1 N–H and O–H groups in total. The summed E-state index contributed by atoms with van der Waals surface area (Å²) in [6.45, 7) is 7.37. The van der Waals surface area contributed by atoms with Gasteiger partial charge in [-0.3, -0.25) is 9.69 Å². The van der Waals surface area contributed by atoms with Crippen molar-refractivity contribution >= 4 is 22.8 Å². The molecule has 44 heavy (non-hydrogen) atoms. The molecular formula is C31H34F3N7O3. The lowest BCUT2D eigenvalue weighted by Gasteiger charge is -2.61. The topological polar surface area (TPSA) is 101 Å². The van der Waals surface area contributed by atoms with Gasteiger partial charge in [-0.25, -0.2) is 4.52 Å². The van der Waals surface area contributed by atoms with Crippen LogP contribution in [0.2, 0.25) is 0 Å². The number of hydrogen-bond donors (Lipinski definition) is 1. The van der Waals surface area contributed by atoms with Crippen molar-refractivity contribution in [1.82, 2.24) is 24.7 Å². The first kappa shape index (κ1) is 28.8. The summed E-state index contributed by atoms with van der Waals surface area (Å²) in [5.74, 6) is 0.939. The van der Waals surface area contributed by atoms with E-state index in [1.54, 1.807) is 10.7 Å². The largest absolute Gasteiger partial charge is 0.401 e. The molecule has 5 heterocycles. The minimum Gasteiger partial charge on any atom is -0.376 e. The van der Waals surface area contributed by atoms with E-state index >= 15 is 0 Å². The molecule has 7 rings (SSSR count). The van der Waals surface area contributed by atoms with E-state index in [0.29, 0.717) is 54.7 Å². The number of nitrogens with zero attached hydrogens (tertiary/aromatic N) is 6. The fourth-order valence-electron chi connectivity index (χ4n) is 6.62. The fourth-order valence-corrected chi connectivity index (χ4v) is 6.62. The highest BCUT2D eigenvalue weighted by Gasteiger charge is 2.53. The van der Waals surface area contributed by atoms with Crippen LogP contribution in [0.3, 0.4) is 0 Å². The number of pyridine rings is 1. The maximum absolute atomic E-state index is 13.5. The number of nitrogens with one attached hydrogen (secondary N) is 1. The molecule has 0 bridgehead atoms. The predicted molar refractivity (Wildman–Crippen MR) is 157 cm³/mol. The highest BCUT2D eigenvalue weighted by Crippen LogP contribution is 2.43. The maximum Gasteiger partial charge on any atom is 0.401 e. The quantitative estimate of drug-likeness (QED) is 0.287. The van der Waals surface area contributed by atoms with Crippen molar-refractivity contribution in [2.24, 2.45) is 5.41 Å². The van der Waals surface area contributed by atoms with Crippen LogP contribution in [0.5, 0.6) is 0 Å². The molecule has 4 aromatic rings. The van der Waals surface area contributed by atoms with Gasteiger partial charge in [-0.1, -0.05) is 17.3 Å². The first-order chi connectivity index (χ1) is 20.9. The Morgan fingerprint density at radius 2 is 1.93 bits per heavy atom. The number of fused-ring (bicyclic) bond motifs is 1. The van der Waals surface area contributed by atoms with Crippen LogP contribution in [-0.4, -0.2) is 81.7 Å². The van der Waals surface area contributed by atoms with Crippen molar-refractivity contribution in [1.29, 1.82) is 0 Å². The van der Waals surface area contributed by atoms with Crippen LogP contribution in [0.15, 0.2) is 47.2 Å². The summed E-state index contributed by atoms with van der Waals surface area (Å²) in [6, 6.07) is 9.46. The highest BCUT2D eigenvalue weighted by molar-refractivity contribution is 6.09. The van der Waals surface area contributed by atoms with E-state index in [9.17, 15) is 18.0 Å². The molecule has 10 nitrogen and oxygen atoms in total. The number of carbonyl (C=O) groups excluding carboxylic acids is 1. The minimum atomic E-state index is -4.17. The number of carbonyl (C=O) groups is 1. The van der Waals surface area contributed by atoms with E-state index < -0.39 is 12.7 Å². The fraction of sp³-hybridized carbons (Fsp3) is 0.484. The van der Waals surface area contributed by atoms with Crippen molar-refractivity contribution in [2.75, 3.05) is 42.9 Å². The number of likely N-dealkylation sites (tertiary alicyclic amines) is 1. The van der Waals surface area contributed by atoms with Crippen LogP contribution in [0, 0.1) is 12.3 Å². The van der Waals surface area contributed by atoms with Crippen LogP contribution in [0.4, 0.5) is 24.5 Å². The van der Waals surface area contributed by atoms with Crippen molar-refractivity contribution in [3.63, 3.8) is 0 Å². The lowest BCUT2D eigenvalue weighted by molar-refractivity contribution is -0.172. The average molecular weight is 610 g/mol. The summed E-state index contributed by atoms with van der Waals surface area (Å²) in [6.07, 6.45) is 1.27. The molecule has 0 unspecified atom stereocenters. The standard InChI is InChI=1S/C31H34F3N7O3/c1-18(2)43-23-8-21(9-23)29-37-27(38-44-29)20-5-4-19(3)25(10-20)36-28(42)24-12-35-41-7-6-22(11-26(24)41)40-15-30(16-40)13-39(14-30)17-31(32,33)34/h4-7,10-12,18,21,23H,8-9,13-17H2,1-3H3,(H,36,42). The summed E-state index contributed by atoms with van der Waals surface area (Å²) in [5, 5.41) is 11.6. The highest BCUT2D eigenvalue weighted by atomic mass is 19.4. The van der Waals surface area contributed by atoms with E-state index in [1.807, 2.05) is 51.1 Å². The Balaban J connectivity index is 1.02. The molecule has 0 radical (unpaired) electrons. The molecule has 2 aliphatic heterocycles. The van der Waals surface area contributed by atoms with Gasteiger partial charge in [0.05, 0.1) is 36.0 Å². The Morgan fingerprint density at radius 1 is 1.16 bits per heavy atom. The van der Waals surface area contributed by atoms with Gasteiger partial charge in [0, 0.05) is 60.6 Å². The second kappa shape index (κ2) is 10.6. The average Bonchev–Trinajstić information content (AvgIpc) is 3.54. The summed E-state index contributed by atoms with van der Waals surface area (Å²) in [5.41, 5.74) is 4.10. The molecule has 1 amide bonds. The van der Waals surface area contributed by atoms with Gasteiger partial charge in [0.1, 0.15) is 0 Å². The smallest absolute Gasteiger partial charge is 0.376 e. The van der Waals surface area contributed by atoms with Gasteiger partial charge in [-0.15, -0.1) is 0 Å². The van der Waals surface area contributed by atoms with Crippen LogP contribution in [-0.2, 0) is 4.74 Å². The summed E-state index contributed by atoms with van der Waals surface area (Å²) in [4.78, 5) is 21.7. The third-order valence-electron chi connectivity index (χ3n) is 8.78. The monoisotopic (exact) mass is 609 g/mol. The second-order valence-electron chi connectivity index (χ2n) is 12.8. The molecule has 0 atom stereocenters. The number of alkyl halides is 3. The Hall–Kier alpha value is -3.97. The zero-order chi connectivity index (χ0) is 30.8. The maximum atomic E-state index is 13.5. The van der Waals surface area contributed by atoms with Crippen molar-refractivity contribution < 1.29 is 27.2 Å². The van der Waals surface area contributed by atoms with Gasteiger partial charge >= 0.3 is 6.18 Å². The lowest BCUT2D eigenvalue weighted by atomic mass is 9.72. The van der Waals surface area contributed by atoms with Crippen LogP contribution < -0.4 is 10.2 Å². The van der Waals surface area contributed by atoms with Crippen molar-refractivity contribution in [3.05, 3.63) is 59.7 Å². The van der Waals surface area contributed by atoms with Gasteiger partial charge in [0.15, 0.2) is 0 Å². The summed E-state index contributed by atoms with van der Waals surface area (Å²) >= 11 is 0. The molecular weight excluding hydrogens is 575 g/mol. The molecule has 3 aromatic heterocycles. The molecule has 3 aliphatic rings. The predicted octanol–water partition coefficient (Wildman–Crippen LogP) is 5.30. The van der Waals surface area contributed by atoms with Crippen molar-refractivity contribution in [2.45, 2.75) is 57.9 Å². The molecule has 2 saturated heterocycles. The van der Waals surface area contributed by atoms with Crippen LogP contribution >= 0.6 is 0 Å². The lowest BCUT2D eigenvalue weighted by Crippen LogP contribution is -2.73. The number of amides is 1. The molecule has 13 heteroatoms. The summed E-state index contributed by atoms with van der Waals surface area (Å²) in [7, 11) is 0. The van der Waals surface area contributed by atoms with Gasteiger partial charge in [0.2, 0.25) is 11.7 Å². The number of halogens is 3. The number of aryl methyl sites for hydroxylation is 1.